The molecule has 0 atom stereocenters. The van der Waals surface area contributed by atoms with Crippen LogP contribution in [-0.2, 0) is 4.74 Å². The van der Waals surface area contributed by atoms with Crippen LogP contribution in [0.25, 0.3) is 0 Å². The Hall–Kier alpha value is -3.67. The van der Waals surface area contributed by atoms with Crippen LogP contribution in [0.2, 0.25) is 0 Å². The third-order valence-corrected chi connectivity index (χ3v) is 4.35. The predicted molar refractivity (Wildman–Crippen MR) is 111 cm³/mol. The minimum absolute atomic E-state index is 0.196. The Labute approximate surface area is 169 Å². The van der Waals surface area contributed by atoms with Gasteiger partial charge in [0.15, 0.2) is 0 Å². The van der Waals surface area contributed by atoms with Gasteiger partial charge in [0.2, 0.25) is 5.88 Å². The van der Waals surface area contributed by atoms with Crippen LogP contribution in [0.3, 0.4) is 0 Å². The highest BCUT2D eigenvalue weighted by Crippen LogP contribution is 2.21. The summed E-state index contributed by atoms with van der Waals surface area (Å²) >= 11 is 0. The van der Waals surface area contributed by atoms with Crippen molar-refractivity contribution in [2.45, 2.75) is 20.8 Å². The van der Waals surface area contributed by atoms with Crippen molar-refractivity contribution >= 4 is 17.6 Å². The van der Waals surface area contributed by atoms with E-state index >= 15 is 0 Å². The number of pyridine rings is 1. The number of aryl methyl sites for hydroxylation is 2. The van der Waals surface area contributed by atoms with E-state index < -0.39 is 0 Å². The molecule has 1 amide bonds. The van der Waals surface area contributed by atoms with Crippen molar-refractivity contribution in [2.24, 2.45) is 0 Å². The molecule has 0 aliphatic carbocycles. The van der Waals surface area contributed by atoms with Gasteiger partial charge >= 0.3 is 5.97 Å². The monoisotopic (exact) mass is 390 g/mol. The highest BCUT2D eigenvalue weighted by atomic mass is 16.5. The number of aromatic nitrogens is 1. The fourth-order valence-corrected chi connectivity index (χ4v) is 2.59. The maximum absolute atomic E-state index is 12.4. The van der Waals surface area contributed by atoms with Gasteiger partial charge in [0, 0.05) is 11.6 Å². The number of rotatable bonds is 6. The number of nitrogens with zero attached hydrogens (tertiary/aromatic N) is 1. The van der Waals surface area contributed by atoms with E-state index in [1.54, 1.807) is 49.4 Å². The molecule has 0 radical (unpaired) electrons. The number of hydrogen-bond donors (Lipinski definition) is 1. The number of carbonyl (C=O) groups is 2. The lowest BCUT2D eigenvalue weighted by Gasteiger charge is -2.09. The summed E-state index contributed by atoms with van der Waals surface area (Å²) in [5, 5.41) is 2.82. The van der Waals surface area contributed by atoms with Gasteiger partial charge in [-0.25, -0.2) is 9.78 Å². The summed E-state index contributed by atoms with van der Waals surface area (Å²) in [7, 11) is 0. The largest absolute Gasteiger partial charge is 0.462 e. The second-order valence-corrected chi connectivity index (χ2v) is 6.49. The predicted octanol–water partition coefficient (Wildman–Crippen LogP) is 4.92. The van der Waals surface area contributed by atoms with Gasteiger partial charge in [-0.15, -0.1) is 0 Å². The first-order valence-corrected chi connectivity index (χ1v) is 9.26. The zero-order valence-corrected chi connectivity index (χ0v) is 16.6. The second kappa shape index (κ2) is 9.01. The van der Waals surface area contributed by atoms with Crippen LogP contribution in [0, 0.1) is 13.8 Å². The molecule has 3 rings (SSSR count). The lowest BCUT2D eigenvalue weighted by atomic mass is 10.1. The van der Waals surface area contributed by atoms with E-state index in [1.807, 2.05) is 26.0 Å². The van der Waals surface area contributed by atoms with Crippen molar-refractivity contribution in [3.8, 4) is 11.6 Å². The Bertz CT molecular complexity index is 1010. The normalized spacial score (nSPS) is 10.3. The molecule has 0 saturated heterocycles. The SMILES string of the molecule is CCOC(=O)c1ccc(Oc2ccc(NC(=O)c3ccc(C)c(C)c3)cn2)cc1. The summed E-state index contributed by atoms with van der Waals surface area (Å²) in [6.07, 6.45) is 1.53. The number of carbonyl (C=O) groups excluding carboxylic acids is 2. The third kappa shape index (κ3) is 5.19. The molecule has 148 valence electrons. The zero-order chi connectivity index (χ0) is 20.8. The molecule has 1 aromatic heterocycles. The Morgan fingerprint density at radius 2 is 1.66 bits per heavy atom. The Morgan fingerprint density at radius 3 is 2.28 bits per heavy atom. The highest BCUT2D eigenvalue weighted by Gasteiger charge is 2.09. The number of nitrogens with one attached hydrogen (secondary N) is 1. The number of ether oxygens (including phenoxy) is 2. The van der Waals surface area contributed by atoms with E-state index in [-0.39, 0.29) is 11.9 Å². The van der Waals surface area contributed by atoms with E-state index in [0.29, 0.717) is 35.1 Å². The molecule has 1 heterocycles. The van der Waals surface area contributed by atoms with Crippen LogP contribution >= 0.6 is 0 Å². The van der Waals surface area contributed by atoms with Gasteiger partial charge < -0.3 is 14.8 Å². The quantitative estimate of drug-likeness (QED) is 0.605. The lowest BCUT2D eigenvalue weighted by molar-refractivity contribution is 0.0526. The fourth-order valence-electron chi connectivity index (χ4n) is 2.59. The minimum atomic E-state index is -0.374. The molecule has 3 aromatic rings. The summed E-state index contributed by atoms with van der Waals surface area (Å²) < 4.78 is 10.6. The first kappa shape index (κ1) is 20.1. The van der Waals surface area contributed by atoms with Crippen LogP contribution in [0.15, 0.2) is 60.8 Å². The van der Waals surface area contributed by atoms with Gasteiger partial charge in [-0.2, -0.15) is 0 Å². The van der Waals surface area contributed by atoms with Crippen molar-refractivity contribution in [1.82, 2.24) is 4.98 Å². The van der Waals surface area contributed by atoms with Gasteiger partial charge in [-0.1, -0.05) is 6.07 Å². The van der Waals surface area contributed by atoms with E-state index in [4.69, 9.17) is 9.47 Å². The van der Waals surface area contributed by atoms with Crippen molar-refractivity contribution < 1.29 is 19.1 Å². The maximum Gasteiger partial charge on any atom is 0.338 e. The molecule has 0 spiro atoms. The summed E-state index contributed by atoms with van der Waals surface area (Å²) in [5.41, 5.74) is 3.82. The molecule has 0 fully saturated rings. The summed E-state index contributed by atoms with van der Waals surface area (Å²) in [4.78, 5) is 28.3. The number of benzene rings is 2. The van der Waals surface area contributed by atoms with E-state index in [2.05, 4.69) is 10.3 Å². The van der Waals surface area contributed by atoms with E-state index in [9.17, 15) is 9.59 Å². The van der Waals surface area contributed by atoms with Crippen LogP contribution in [0.1, 0.15) is 38.8 Å². The Kier molecular flexibility index (Phi) is 6.24. The Morgan fingerprint density at radius 1 is 0.931 bits per heavy atom. The van der Waals surface area contributed by atoms with E-state index in [0.717, 1.165) is 11.1 Å². The molecule has 0 saturated carbocycles. The molecule has 6 nitrogen and oxygen atoms in total. The number of esters is 1. The third-order valence-electron chi connectivity index (χ3n) is 4.35. The number of anilines is 1. The standard InChI is InChI=1S/C23H22N2O4/c1-4-28-23(27)17-7-10-20(11-8-17)29-21-12-9-19(14-24-21)25-22(26)18-6-5-15(2)16(3)13-18/h5-14H,4H2,1-3H3,(H,25,26). The topological polar surface area (TPSA) is 77.5 Å². The highest BCUT2D eigenvalue weighted by molar-refractivity contribution is 6.04. The lowest BCUT2D eigenvalue weighted by Crippen LogP contribution is -2.12. The molecule has 0 aliphatic heterocycles. The number of hydrogen-bond acceptors (Lipinski definition) is 5. The van der Waals surface area contributed by atoms with Crippen LogP contribution in [0.5, 0.6) is 11.6 Å². The molecule has 2 aromatic carbocycles. The molecule has 0 unspecified atom stereocenters. The molecular weight excluding hydrogens is 368 g/mol. The number of amides is 1. The molecule has 0 aliphatic rings. The molecule has 29 heavy (non-hydrogen) atoms. The minimum Gasteiger partial charge on any atom is -0.462 e. The Balaban J connectivity index is 1.62. The first-order valence-electron chi connectivity index (χ1n) is 9.26. The molecule has 6 heteroatoms. The van der Waals surface area contributed by atoms with Crippen molar-refractivity contribution in [1.29, 1.82) is 0 Å². The maximum atomic E-state index is 12.4. The summed E-state index contributed by atoms with van der Waals surface area (Å²) in [6.45, 7) is 6.06. The summed E-state index contributed by atoms with van der Waals surface area (Å²) in [5.74, 6) is 0.342. The van der Waals surface area contributed by atoms with Crippen LogP contribution < -0.4 is 10.1 Å². The van der Waals surface area contributed by atoms with Crippen molar-refractivity contribution in [3.63, 3.8) is 0 Å². The molecule has 1 N–H and O–H groups in total. The molecule has 0 bridgehead atoms. The second-order valence-electron chi connectivity index (χ2n) is 6.49. The van der Waals surface area contributed by atoms with Crippen molar-refractivity contribution in [2.75, 3.05) is 11.9 Å². The van der Waals surface area contributed by atoms with Gasteiger partial charge in [-0.05, 0) is 74.4 Å². The van der Waals surface area contributed by atoms with Gasteiger partial charge in [0.1, 0.15) is 5.75 Å². The first-order chi connectivity index (χ1) is 14.0. The zero-order valence-electron chi connectivity index (χ0n) is 16.6. The van der Waals surface area contributed by atoms with Crippen LogP contribution in [-0.4, -0.2) is 23.5 Å². The van der Waals surface area contributed by atoms with Crippen LogP contribution in [0.4, 0.5) is 5.69 Å². The van der Waals surface area contributed by atoms with E-state index in [1.165, 1.54) is 6.20 Å². The van der Waals surface area contributed by atoms with Gasteiger partial charge in [-0.3, -0.25) is 4.79 Å². The molecular formula is C23H22N2O4. The smallest absolute Gasteiger partial charge is 0.338 e. The average molecular weight is 390 g/mol. The summed E-state index contributed by atoms with van der Waals surface area (Å²) in [6, 6.07) is 15.6. The fraction of sp³-hybridized carbons (Fsp3) is 0.174. The average Bonchev–Trinajstić information content (AvgIpc) is 2.72. The van der Waals surface area contributed by atoms with Gasteiger partial charge in [0.05, 0.1) is 24.1 Å². The van der Waals surface area contributed by atoms with Gasteiger partial charge in [0.25, 0.3) is 5.91 Å². The van der Waals surface area contributed by atoms with Crippen molar-refractivity contribution in [3.05, 3.63) is 83.0 Å².